The van der Waals surface area contributed by atoms with Crippen LogP contribution in [0.5, 0.6) is 0 Å². The number of aromatic nitrogens is 1. The van der Waals surface area contributed by atoms with Gasteiger partial charge in [0, 0.05) is 18.4 Å². The molecule has 4 rings (SSSR count). The van der Waals surface area contributed by atoms with Crippen molar-refractivity contribution in [1.82, 2.24) is 5.16 Å². The van der Waals surface area contributed by atoms with E-state index in [1.165, 1.54) is 18.2 Å². The summed E-state index contributed by atoms with van der Waals surface area (Å²) in [6.45, 7) is 1.66. The van der Waals surface area contributed by atoms with Gasteiger partial charge in [-0.15, -0.1) is 0 Å². The summed E-state index contributed by atoms with van der Waals surface area (Å²) < 4.78 is 38.6. The van der Waals surface area contributed by atoms with Crippen molar-refractivity contribution in [3.8, 4) is 11.3 Å². The van der Waals surface area contributed by atoms with Crippen molar-refractivity contribution in [1.29, 1.82) is 0 Å². The Labute approximate surface area is 211 Å². The highest BCUT2D eigenvalue weighted by Gasteiger charge is 2.18. The summed E-state index contributed by atoms with van der Waals surface area (Å²) in [5.74, 6) is -1.43. The fraction of sp³-hybridized carbons (Fsp3) is 0.179. The second-order valence-electron chi connectivity index (χ2n) is 8.44. The molecule has 0 aliphatic carbocycles. The van der Waals surface area contributed by atoms with Gasteiger partial charge in [0.1, 0.15) is 23.0 Å². The maximum atomic E-state index is 14.3. The van der Waals surface area contributed by atoms with Crippen LogP contribution in [-0.2, 0) is 28.8 Å². The van der Waals surface area contributed by atoms with Gasteiger partial charge < -0.3 is 14.4 Å². The van der Waals surface area contributed by atoms with Crippen LogP contribution >= 0.6 is 0 Å². The van der Waals surface area contributed by atoms with Crippen molar-refractivity contribution in [3.05, 3.63) is 106 Å². The van der Waals surface area contributed by atoms with Crippen LogP contribution in [0, 0.1) is 18.6 Å². The normalized spacial score (nSPS) is 10.8. The summed E-state index contributed by atoms with van der Waals surface area (Å²) in [7, 11) is 0. The highest BCUT2D eigenvalue weighted by molar-refractivity contribution is 5.90. The number of anilines is 1. The molecule has 9 heteroatoms. The number of benzene rings is 3. The van der Waals surface area contributed by atoms with Crippen molar-refractivity contribution in [3.63, 3.8) is 0 Å². The molecule has 1 amide bonds. The molecule has 0 aliphatic rings. The number of aliphatic carboxylic acids is 1. The number of amides is 1. The lowest BCUT2D eigenvalue weighted by atomic mass is 9.99. The molecule has 4 aromatic rings. The second-order valence-corrected chi connectivity index (χ2v) is 8.44. The van der Waals surface area contributed by atoms with Crippen LogP contribution < -0.4 is 5.32 Å². The monoisotopic (exact) mass is 506 g/mol. The van der Waals surface area contributed by atoms with Crippen LogP contribution in [0.15, 0.2) is 71.3 Å². The summed E-state index contributed by atoms with van der Waals surface area (Å²) in [6, 6.07) is 17.6. The van der Waals surface area contributed by atoms with Gasteiger partial charge in [-0.2, -0.15) is 0 Å². The fourth-order valence-electron chi connectivity index (χ4n) is 3.85. The van der Waals surface area contributed by atoms with Gasteiger partial charge in [-0.25, -0.2) is 13.6 Å². The molecule has 37 heavy (non-hydrogen) atoms. The number of ether oxygens (including phenoxy) is 1. The second kappa shape index (κ2) is 11.5. The van der Waals surface area contributed by atoms with Crippen LogP contribution in [-0.4, -0.2) is 28.9 Å². The van der Waals surface area contributed by atoms with Gasteiger partial charge in [0.2, 0.25) is 0 Å². The molecular formula is C28H24F2N2O5. The predicted molar refractivity (Wildman–Crippen MR) is 132 cm³/mol. The van der Waals surface area contributed by atoms with Gasteiger partial charge in [-0.3, -0.25) is 10.1 Å². The van der Waals surface area contributed by atoms with Crippen LogP contribution in [0.3, 0.4) is 0 Å². The van der Waals surface area contributed by atoms with Crippen LogP contribution in [0.25, 0.3) is 11.3 Å². The smallest absolute Gasteiger partial charge is 0.411 e. The molecule has 0 radical (unpaired) electrons. The number of carbonyl (C=O) groups excluding carboxylic acids is 1. The zero-order chi connectivity index (χ0) is 26.4. The number of nitrogens with zero attached hydrogens (tertiary/aromatic N) is 1. The molecule has 3 aromatic carbocycles. The predicted octanol–water partition coefficient (Wildman–Crippen LogP) is 5.94. The number of hydrogen-bond donors (Lipinski definition) is 2. The maximum absolute atomic E-state index is 14.3. The van der Waals surface area contributed by atoms with Gasteiger partial charge in [0.25, 0.3) is 0 Å². The summed E-state index contributed by atoms with van der Waals surface area (Å²) in [6.07, 6.45) is -0.402. The SMILES string of the molecule is Cc1noc(-c2ccc(Cc3cc(CC(=O)O)ccc3F)cc2)c1NC(=O)OCCc1ccccc1F. The Morgan fingerprint density at radius 3 is 2.41 bits per heavy atom. The highest BCUT2D eigenvalue weighted by Crippen LogP contribution is 2.31. The number of nitrogens with one attached hydrogen (secondary N) is 1. The number of halogens is 2. The number of hydrogen-bond acceptors (Lipinski definition) is 5. The highest BCUT2D eigenvalue weighted by atomic mass is 19.1. The Balaban J connectivity index is 1.41. The lowest BCUT2D eigenvalue weighted by molar-refractivity contribution is -0.136. The molecule has 0 spiro atoms. The van der Waals surface area contributed by atoms with E-state index in [9.17, 15) is 18.4 Å². The summed E-state index contributed by atoms with van der Waals surface area (Å²) in [5, 5.41) is 15.5. The number of rotatable bonds is 9. The third-order valence-electron chi connectivity index (χ3n) is 5.73. The first kappa shape index (κ1) is 25.6. The molecule has 190 valence electrons. The summed E-state index contributed by atoms with van der Waals surface area (Å²) >= 11 is 0. The van der Waals surface area contributed by atoms with E-state index < -0.39 is 17.9 Å². The van der Waals surface area contributed by atoms with Gasteiger partial charge in [0.05, 0.1) is 13.0 Å². The number of carboxylic acid groups (broad SMARTS) is 1. The number of aryl methyl sites for hydroxylation is 1. The first-order valence-corrected chi connectivity index (χ1v) is 11.5. The molecule has 0 saturated heterocycles. The first-order valence-electron chi connectivity index (χ1n) is 11.5. The molecular weight excluding hydrogens is 482 g/mol. The Hall–Kier alpha value is -4.53. The lowest BCUT2D eigenvalue weighted by Crippen LogP contribution is -2.16. The quantitative estimate of drug-likeness (QED) is 0.291. The van der Waals surface area contributed by atoms with E-state index in [2.05, 4.69) is 10.5 Å². The Kier molecular flexibility index (Phi) is 7.92. The van der Waals surface area contributed by atoms with Gasteiger partial charge in [-0.05, 0) is 41.3 Å². The molecule has 1 aromatic heterocycles. The molecule has 2 N–H and O–H groups in total. The average molecular weight is 507 g/mol. The van der Waals surface area contributed by atoms with Crippen LogP contribution in [0.1, 0.15) is 27.9 Å². The number of carboxylic acids is 1. The van der Waals surface area contributed by atoms with Crippen LogP contribution in [0.4, 0.5) is 19.3 Å². The summed E-state index contributed by atoms with van der Waals surface area (Å²) in [5.41, 5.74) is 3.58. The topological polar surface area (TPSA) is 102 Å². The molecule has 1 heterocycles. The van der Waals surface area contributed by atoms with E-state index in [0.29, 0.717) is 39.4 Å². The van der Waals surface area contributed by atoms with Crippen LogP contribution in [0.2, 0.25) is 0 Å². The first-order chi connectivity index (χ1) is 17.8. The fourth-order valence-corrected chi connectivity index (χ4v) is 3.85. The standard InChI is InChI=1S/C28H24F2N2O5/c1-17-26(31-28(35)36-13-12-20-4-2-3-5-23(20)29)27(37-32-17)21-9-6-18(7-10-21)14-22-15-19(16-25(33)34)8-11-24(22)30/h2-11,15H,12-14,16H2,1H3,(H,31,35)(H,33,34). The lowest BCUT2D eigenvalue weighted by Gasteiger charge is -2.09. The maximum Gasteiger partial charge on any atom is 0.411 e. The molecule has 7 nitrogen and oxygen atoms in total. The van der Waals surface area contributed by atoms with Crippen molar-refractivity contribution < 1.29 is 32.7 Å². The van der Waals surface area contributed by atoms with Crippen molar-refractivity contribution in [2.45, 2.75) is 26.2 Å². The zero-order valence-electron chi connectivity index (χ0n) is 20.0. The van der Waals surface area contributed by atoms with Crippen molar-refractivity contribution in [2.75, 3.05) is 11.9 Å². The van der Waals surface area contributed by atoms with E-state index in [1.54, 1.807) is 55.5 Å². The third-order valence-corrected chi connectivity index (χ3v) is 5.73. The Morgan fingerprint density at radius 2 is 1.68 bits per heavy atom. The van der Waals surface area contributed by atoms with Gasteiger partial charge in [-0.1, -0.05) is 59.8 Å². The van der Waals surface area contributed by atoms with E-state index in [-0.39, 0.29) is 31.7 Å². The van der Waals surface area contributed by atoms with Crippen molar-refractivity contribution >= 4 is 17.7 Å². The minimum atomic E-state index is -0.984. The van der Waals surface area contributed by atoms with E-state index >= 15 is 0 Å². The van der Waals surface area contributed by atoms with Crippen molar-refractivity contribution in [2.24, 2.45) is 0 Å². The minimum Gasteiger partial charge on any atom is -0.481 e. The molecule has 0 unspecified atom stereocenters. The van der Waals surface area contributed by atoms with E-state index in [4.69, 9.17) is 14.4 Å². The Morgan fingerprint density at radius 1 is 0.973 bits per heavy atom. The average Bonchev–Trinajstić information content (AvgIpc) is 3.22. The molecule has 0 bridgehead atoms. The third kappa shape index (κ3) is 6.58. The summed E-state index contributed by atoms with van der Waals surface area (Å²) in [4.78, 5) is 23.3. The molecule has 0 atom stereocenters. The van der Waals surface area contributed by atoms with Gasteiger partial charge in [0.15, 0.2) is 5.76 Å². The number of carbonyl (C=O) groups is 2. The zero-order valence-corrected chi connectivity index (χ0v) is 20.0. The largest absolute Gasteiger partial charge is 0.481 e. The molecule has 0 saturated carbocycles. The van der Waals surface area contributed by atoms with Gasteiger partial charge >= 0.3 is 12.1 Å². The Bertz CT molecular complexity index is 1420. The molecule has 0 fully saturated rings. The van der Waals surface area contributed by atoms with E-state index in [0.717, 1.165) is 5.56 Å². The molecule has 0 aliphatic heterocycles. The minimum absolute atomic E-state index is 0.00858. The van der Waals surface area contributed by atoms with E-state index in [1.807, 2.05) is 0 Å².